The van der Waals surface area contributed by atoms with Crippen LogP contribution in [0.25, 0.3) is 11.6 Å². The summed E-state index contributed by atoms with van der Waals surface area (Å²) in [5, 5.41) is 0.564. The van der Waals surface area contributed by atoms with Gasteiger partial charge in [-0.1, -0.05) is 36.7 Å². The molecule has 1 aromatic heterocycles. The predicted molar refractivity (Wildman–Crippen MR) is 88.4 cm³/mol. The van der Waals surface area contributed by atoms with Crippen LogP contribution in [0.3, 0.4) is 0 Å². The number of rotatable bonds is 1. The normalized spacial score (nSPS) is 18.2. The number of nitrogens with two attached hydrogens (primary N) is 1. The highest BCUT2D eigenvalue weighted by molar-refractivity contribution is 6.36. The van der Waals surface area contributed by atoms with Crippen LogP contribution in [-0.4, -0.2) is 15.8 Å². The third-order valence-corrected chi connectivity index (χ3v) is 4.23. The molecule has 2 N–H and O–H groups in total. The second-order valence-electron chi connectivity index (χ2n) is 5.47. The first-order chi connectivity index (χ1) is 10.6. The molecule has 1 heterocycles. The van der Waals surface area contributed by atoms with Crippen LogP contribution in [-0.2, 0) is 4.79 Å². The smallest absolute Gasteiger partial charge is 0.220 e. The number of allylic oxidation sites excluding steroid dienone is 1. The molecule has 0 fully saturated rings. The first kappa shape index (κ1) is 14.7. The fourth-order valence-corrected chi connectivity index (χ4v) is 2.92. The van der Waals surface area contributed by atoms with Gasteiger partial charge in [0.05, 0.1) is 5.69 Å². The number of benzene rings is 1. The van der Waals surface area contributed by atoms with Crippen LogP contribution < -0.4 is 5.73 Å². The zero-order chi connectivity index (χ0) is 15.7. The van der Waals surface area contributed by atoms with Crippen molar-refractivity contribution in [3.05, 3.63) is 52.3 Å². The molecular weight excluding hydrogens is 298 g/mol. The molecule has 1 aliphatic carbocycles. The number of Topliss-reactive ketones (excluding diaryl/α,β-unsaturated/α-hetero) is 1. The van der Waals surface area contributed by atoms with E-state index in [0.717, 1.165) is 23.2 Å². The Kier molecular flexibility index (Phi) is 3.94. The van der Waals surface area contributed by atoms with E-state index in [4.69, 9.17) is 17.3 Å². The molecule has 1 aliphatic rings. The lowest BCUT2D eigenvalue weighted by molar-refractivity contribution is -0.113. The Labute approximate surface area is 134 Å². The summed E-state index contributed by atoms with van der Waals surface area (Å²) in [5.74, 6) is 0.501. The summed E-state index contributed by atoms with van der Waals surface area (Å²) in [5.41, 5.74) is 8.75. The Hall–Kier alpha value is -2.20. The first-order valence-corrected chi connectivity index (χ1v) is 7.56. The standard InChI is InChI=1S/C17H16ClN3O/c1-10-6-7-15(22)13(12-4-2-3-5-14(12)18)8-11-9-20-17(19)21-16(10)11/h2-5,8-10H,6-7H2,1H3,(H2,19,20,21). The number of ketones is 1. The number of hydrogen-bond donors (Lipinski definition) is 1. The van der Waals surface area contributed by atoms with Gasteiger partial charge in [-0.3, -0.25) is 4.79 Å². The molecule has 0 spiro atoms. The highest BCUT2D eigenvalue weighted by Gasteiger charge is 2.22. The first-order valence-electron chi connectivity index (χ1n) is 7.18. The summed E-state index contributed by atoms with van der Waals surface area (Å²) in [6, 6.07) is 7.36. The molecule has 0 saturated heterocycles. The third-order valence-electron chi connectivity index (χ3n) is 3.90. The second kappa shape index (κ2) is 5.89. The number of hydrogen-bond acceptors (Lipinski definition) is 4. The van der Waals surface area contributed by atoms with Crippen molar-refractivity contribution >= 4 is 35.0 Å². The molecule has 4 nitrogen and oxygen atoms in total. The van der Waals surface area contributed by atoms with Crippen LogP contribution >= 0.6 is 11.6 Å². The van der Waals surface area contributed by atoms with Gasteiger partial charge in [0.25, 0.3) is 0 Å². The Morgan fingerprint density at radius 1 is 1.32 bits per heavy atom. The Morgan fingerprint density at radius 2 is 2.09 bits per heavy atom. The van der Waals surface area contributed by atoms with Crippen molar-refractivity contribution in [1.82, 2.24) is 9.97 Å². The van der Waals surface area contributed by atoms with Gasteiger partial charge >= 0.3 is 0 Å². The molecule has 22 heavy (non-hydrogen) atoms. The van der Waals surface area contributed by atoms with Gasteiger partial charge in [0.1, 0.15) is 0 Å². The molecule has 1 unspecified atom stereocenters. The molecule has 1 atom stereocenters. The van der Waals surface area contributed by atoms with E-state index >= 15 is 0 Å². The molecule has 2 aromatic rings. The Balaban J connectivity index is 2.20. The molecule has 0 amide bonds. The minimum atomic E-state index is 0.0856. The van der Waals surface area contributed by atoms with Gasteiger partial charge in [0, 0.05) is 34.3 Å². The van der Waals surface area contributed by atoms with E-state index in [1.807, 2.05) is 31.2 Å². The van der Waals surface area contributed by atoms with Crippen LogP contribution in [0.5, 0.6) is 0 Å². The van der Waals surface area contributed by atoms with Crippen molar-refractivity contribution in [2.75, 3.05) is 5.73 Å². The van der Waals surface area contributed by atoms with Crippen LogP contribution in [0, 0.1) is 0 Å². The van der Waals surface area contributed by atoms with Gasteiger partial charge in [-0.05, 0) is 24.5 Å². The van der Waals surface area contributed by atoms with Gasteiger partial charge in [0.2, 0.25) is 5.95 Å². The quantitative estimate of drug-likeness (QED) is 0.871. The monoisotopic (exact) mass is 313 g/mol. The molecule has 5 heteroatoms. The van der Waals surface area contributed by atoms with Gasteiger partial charge < -0.3 is 5.73 Å². The number of fused-ring (bicyclic) bond motifs is 1. The predicted octanol–water partition coefficient (Wildman–Crippen LogP) is 3.72. The maximum Gasteiger partial charge on any atom is 0.220 e. The number of halogens is 1. The lowest BCUT2D eigenvalue weighted by atomic mass is 9.88. The summed E-state index contributed by atoms with van der Waals surface area (Å²) < 4.78 is 0. The van der Waals surface area contributed by atoms with E-state index in [-0.39, 0.29) is 17.6 Å². The van der Waals surface area contributed by atoms with E-state index < -0.39 is 0 Å². The minimum absolute atomic E-state index is 0.0856. The molecule has 0 aliphatic heterocycles. The van der Waals surface area contributed by atoms with Crippen molar-refractivity contribution in [2.45, 2.75) is 25.7 Å². The summed E-state index contributed by atoms with van der Waals surface area (Å²) in [6.45, 7) is 2.05. The lowest BCUT2D eigenvalue weighted by Gasteiger charge is -2.18. The van der Waals surface area contributed by atoms with Crippen molar-refractivity contribution in [3.63, 3.8) is 0 Å². The fraction of sp³-hybridized carbons (Fsp3) is 0.235. The summed E-state index contributed by atoms with van der Waals surface area (Å²) in [4.78, 5) is 21.0. The fourth-order valence-electron chi connectivity index (χ4n) is 2.69. The highest BCUT2D eigenvalue weighted by Crippen LogP contribution is 2.33. The third kappa shape index (κ3) is 2.74. The van der Waals surface area contributed by atoms with Crippen LogP contribution in [0.15, 0.2) is 30.5 Å². The van der Waals surface area contributed by atoms with Gasteiger partial charge in [-0.25, -0.2) is 9.97 Å². The van der Waals surface area contributed by atoms with Gasteiger partial charge in [-0.2, -0.15) is 0 Å². The Morgan fingerprint density at radius 3 is 2.86 bits per heavy atom. The van der Waals surface area contributed by atoms with Crippen molar-refractivity contribution in [3.8, 4) is 0 Å². The summed E-state index contributed by atoms with van der Waals surface area (Å²) in [7, 11) is 0. The molecule has 1 aromatic carbocycles. The van der Waals surface area contributed by atoms with E-state index in [0.29, 0.717) is 17.0 Å². The molecule has 0 saturated carbocycles. The Bertz CT molecular complexity index is 770. The minimum Gasteiger partial charge on any atom is -0.368 e. The topological polar surface area (TPSA) is 68.9 Å². The van der Waals surface area contributed by atoms with Crippen molar-refractivity contribution in [1.29, 1.82) is 0 Å². The maximum absolute atomic E-state index is 12.5. The zero-order valence-electron chi connectivity index (χ0n) is 12.2. The van der Waals surface area contributed by atoms with Crippen LogP contribution in [0.1, 0.15) is 42.5 Å². The van der Waals surface area contributed by atoms with E-state index in [1.54, 1.807) is 12.3 Å². The number of nitrogens with zero attached hydrogens (tertiary/aromatic N) is 2. The van der Waals surface area contributed by atoms with Gasteiger partial charge in [-0.15, -0.1) is 0 Å². The maximum atomic E-state index is 12.5. The number of nitrogen functional groups attached to an aromatic ring is 1. The molecule has 3 rings (SSSR count). The molecule has 0 radical (unpaired) electrons. The van der Waals surface area contributed by atoms with E-state index in [2.05, 4.69) is 9.97 Å². The largest absolute Gasteiger partial charge is 0.368 e. The zero-order valence-corrected chi connectivity index (χ0v) is 13.0. The van der Waals surface area contributed by atoms with Crippen molar-refractivity contribution in [2.24, 2.45) is 0 Å². The van der Waals surface area contributed by atoms with E-state index in [1.165, 1.54) is 0 Å². The van der Waals surface area contributed by atoms with Gasteiger partial charge in [0.15, 0.2) is 5.78 Å². The molecular formula is C17H16ClN3O. The highest BCUT2D eigenvalue weighted by atomic mass is 35.5. The lowest BCUT2D eigenvalue weighted by Crippen LogP contribution is -2.12. The second-order valence-corrected chi connectivity index (χ2v) is 5.88. The number of anilines is 1. The summed E-state index contributed by atoms with van der Waals surface area (Å²) in [6.07, 6.45) is 4.68. The van der Waals surface area contributed by atoms with Crippen molar-refractivity contribution < 1.29 is 4.79 Å². The average molecular weight is 314 g/mol. The SMILES string of the molecule is CC1CCC(=O)C(c2ccccc2Cl)=Cc2cnc(N)nc21. The summed E-state index contributed by atoms with van der Waals surface area (Å²) >= 11 is 6.25. The number of carbonyl (C=O) groups excluding carboxylic acids is 1. The van der Waals surface area contributed by atoms with Crippen LogP contribution in [0.4, 0.5) is 5.95 Å². The van der Waals surface area contributed by atoms with Crippen LogP contribution in [0.2, 0.25) is 5.02 Å². The number of aromatic nitrogens is 2. The molecule has 0 bridgehead atoms. The molecule has 112 valence electrons. The number of carbonyl (C=O) groups is 1. The average Bonchev–Trinajstić information content (AvgIpc) is 2.51. The van der Waals surface area contributed by atoms with E-state index in [9.17, 15) is 4.79 Å².